The van der Waals surface area contributed by atoms with Crippen LogP contribution in [-0.4, -0.2) is 0 Å². The van der Waals surface area contributed by atoms with Crippen molar-refractivity contribution < 1.29 is 0 Å². The molecule has 118 valence electrons. The quantitative estimate of drug-likeness (QED) is 0.650. The van der Waals surface area contributed by atoms with E-state index >= 15 is 0 Å². The molecule has 0 saturated carbocycles. The first-order valence-electron chi connectivity index (χ1n) is 8.71. The first-order valence-corrected chi connectivity index (χ1v) is 8.71. The Labute approximate surface area is 144 Å². The number of hydrogen-bond donors (Lipinski definition) is 0. The molecule has 4 rings (SSSR count). The Kier molecular flexibility index (Phi) is 4.04. The van der Waals surface area contributed by atoms with E-state index < -0.39 is 0 Å². The van der Waals surface area contributed by atoms with Crippen LogP contribution in [0.2, 0.25) is 0 Å². The number of allylic oxidation sites excluding steroid dienone is 8. The highest BCUT2D eigenvalue weighted by atomic mass is 14.4. The third kappa shape index (κ3) is 2.59. The van der Waals surface area contributed by atoms with Gasteiger partial charge in [-0.15, -0.1) is 0 Å². The summed E-state index contributed by atoms with van der Waals surface area (Å²) in [7, 11) is 0. The first-order chi connectivity index (χ1) is 11.9. The second-order valence-electron chi connectivity index (χ2n) is 6.64. The highest BCUT2D eigenvalue weighted by molar-refractivity contribution is 5.46. The molecule has 0 unspecified atom stereocenters. The van der Waals surface area contributed by atoms with Gasteiger partial charge in [0.1, 0.15) is 0 Å². The lowest BCUT2D eigenvalue weighted by Gasteiger charge is -2.40. The highest BCUT2D eigenvalue weighted by Gasteiger charge is 2.41. The van der Waals surface area contributed by atoms with E-state index in [1.54, 1.807) is 0 Å². The summed E-state index contributed by atoms with van der Waals surface area (Å²) in [5.41, 5.74) is 2.74. The summed E-state index contributed by atoms with van der Waals surface area (Å²) in [6.07, 6.45) is 19.1. The molecule has 0 N–H and O–H groups in total. The molecule has 0 aliphatic heterocycles. The van der Waals surface area contributed by atoms with E-state index in [4.69, 9.17) is 0 Å². The molecule has 0 fully saturated rings. The topological polar surface area (TPSA) is 0 Å². The van der Waals surface area contributed by atoms with Gasteiger partial charge < -0.3 is 0 Å². The Morgan fingerprint density at radius 2 is 1.04 bits per heavy atom. The van der Waals surface area contributed by atoms with Crippen molar-refractivity contribution in [2.45, 2.75) is 11.8 Å². The summed E-state index contributed by atoms with van der Waals surface area (Å²) in [4.78, 5) is 0. The van der Waals surface area contributed by atoms with Crippen LogP contribution in [0.3, 0.4) is 0 Å². The summed E-state index contributed by atoms with van der Waals surface area (Å²) in [6.45, 7) is 0. The molecule has 2 aliphatic carbocycles. The van der Waals surface area contributed by atoms with Gasteiger partial charge in [0.05, 0.1) is 0 Å². The highest BCUT2D eigenvalue weighted by Crippen LogP contribution is 2.47. The molecule has 0 bridgehead atoms. The number of benzene rings is 2. The van der Waals surface area contributed by atoms with Crippen LogP contribution >= 0.6 is 0 Å². The van der Waals surface area contributed by atoms with E-state index in [0.717, 1.165) is 6.42 Å². The van der Waals surface area contributed by atoms with Crippen LogP contribution < -0.4 is 0 Å². The molecule has 0 atom stereocenters. The van der Waals surface area contributed by atoms with Crippen LogP contribution in [0.25, 0.3) is 0 Å². The van der Waals surface area contributed by atoms with Gasteiger partial charge in [-0.2, -0.15) is 0 Å². The normalized spacial score (nSPS) is 17.2. The lowest BCUT2D eigenvalue weighted by molar-refractivity contribution is 0.383. The molecule has 0 nitrogen and oxygen atoms in total. The third-order valence-corrected chi connectivity index (χ3v) is 5.28. The van der Waals surface area contributed by atoms with Crippen molar-refractivity contribution in [3.63, 3.8) is 0 Å². The van der Waals surface area contributed by atoms with E-state index in [9.17, 15) is 0 Å². The maximum absolute atomic E-state index is 2.35. The lowest BCUT2D eigenvalue weighted by atomic mass is 9.62. The maximum Gasteiger partial charge on any atom is 0.0308 e. The second kappa shape index (κ2) is 6.49. The smallest absolute Gasteiger partial charge is 0.0308 e. The van der Waals surface area contributed by atoms with Crippen molar-refractivity contribution in [2.75, 3.05) is 0 Å². The first kappa shape index (κ1) is 15.0. The van der Waals surface area contributed by atoms with Crippen molar-refractivity contribution in [2.24, 2.45) is 11.8 Å². The van der Waals surface area contributed by atoms with Crippen LogP contribution in [0.15, 0.2) is 109 Å². The van der Waals surface area contributed by atoms with Crippen molar-refractivity contribution in [1.82, 2.24) is 0 Å². The summed E-state index contributed by atoms with van der Waals surface area (Å²) >= 11 is 0. The van der Waals surface area contributed by atoms with E-state index in [-0.39, 0.29) is 5.41 Å². The Hall–Kier alpha value is -2.60. The minimum Gasteiger partial charge on any atom is -0.0776 e. The van der Waals surface area contributed by atoms with Gasteiger partial charge in [0.25, 0.3) is 0 Å². The fourth-order valence-electron chi connectivity index (χ4n) is 4.14. The monoisotopic (exact) mass is 310 g/mol. The van der Waals surface area contributed by atoms with Gasteiger partial charge >= 0.3 is 0 Å². The number of rotatable bonds is 5. The summed E-state index contributed by atoms with van der Waals surface area (Å²) in [6, 6.07) is 22.0. The standard InChI is InChI=1S/C24H22/c1-3-13-21(14-4-1)24(23-17-9-10-18-23,19-20-11-7-8-12-20)22-15-5-2-6-16-22/h1-18,20,23H,19H2. The summed E-state index contributed by atoms with van der Waals surface area (Å²) in [5.74, 6) is 0.859. The molecule has 0 spiro atoms. The number of hydrogen-bond acceptors (Lipinski definition) is 0. The van der Waals surface area contributed by atoms with Crippen molar-refractivity contribution in [1.29, 1.82) is 0 Å². The molecular weight excluding hydrogens is 288 g/mol. The largest absolute Gasteiger partial charge is 0.0776 e. The molecular formula is C24H22. The van der Waals surface area contributed by atoms with Crippen LogP contribution in [0.5, 0.6) is 0 Å². The van der Waals surface area contributed by atoms with Crippen LogP contribution in [0.4, 0.5) is 0 Å². The summed E-state index contributed by atoms with van der Waals surface area (Å²) in [5, 5.41) is 0. The predicted molar refractivity (Wildman–Crippen MR) is 102 cm³/mol. The van der Waals surface area contributed by atoms with Gasteiger partial charge in [-0.05, 0) is 23.5 Å². The van der Waals surface area contributed by atoms with E-state index in [2.05, 4.69) is 109 Å². The maximum atomic E-state index is 2.35. The van der Waals surface area contributed by atoms with E-state index in [1.165, 1.54) is 11.1 Å². The van der Waals surface area contributed by atoms with Gasteiger partial charge in [0.15, 0.2) is 0 Å². The molecule has 24 heavy (non-hydrogen) atoms. The van der Waals surface area contributed by atoms with Crippen LogP contribution in [0, 0.1) is 11.8 Å². The Morgan fingerprint density at radius 3 is 1.54 bits per heavy atom. The van der Waals surface area contributed by atoms with Crippen LogP contribution in [-0.2, 0) is 5.41 Å². The van der Waals surface area contributed by atoms with Gasteiger partial charge in [0.2, 0.25) is 0 Å². The molecule has 0 saturated heterocycles. The molecule has 0 radical (unpaired) electrons. The molecule has 0 heterocycles. The van der Waals surface area contributed by atoms with E-state index in [1.807, 2.05) is 0 Å². The predicted octanol–water partition coefficient (Wildman–Crippen LogP) is 5.85. The Bertz CT molecular complexity index is 727. The zero-order valence-electron chi connectivity index (χ0n) is 13.8. The molecule has 0 aromatic heterocycles. The lowest BCUT2D eigenvalue weighted by Crippen LogP contribution is -2.36. The minimum absolute atomic E-state index is 0.0459. The fraction of sp³-hybridized carbons (Fsp3) is 0.167. The van der Waals surface area contributed by atoms with Gasteiger partial charge in [-0.25, -0.2) is 0 Å². The van der Waals surface area contributed by atoms with Crippen molar-refractivity contribution in [3.05, 3.63) is 120 Å². The Balaban J connectivity index is 1.91. The average molecular weight is 310 g/mol. The second-order valence-corrected chi connectivity index (χ2v) is 6.64. The van der Waals surface area contributed by atoms with Gasteiger partial charge in [-0.1, -0.05) is 109 Å². The average Bonchev–Trinajstić information content (AvgIpc) is 3.35. The molecule has 2 aromatic rings. The molecule has 0 heteroatoms. The van der Waals surface area contributed by atoms with Gasteiger partial charge in [-0.3, -0.25) is 0 Å². The SMILES string of the molecule is C1=CC(CC(c2ccccc2)(c2ccccc2)C2C=CC=C2)C=C1. The van der Waals surface area contributed by atoms with Crippen molar-refractivity contribution >= 4 is 0 Å². The van der Waals surface area contributed by atoms with Gasteiger partial charge in [0, 0.05) is 11.3 Å². The minimum atomic E-state index is -0.0459. The molecule has 0 amide bonds. The van der Waals surface area contributed by atoms with E-state index in [0.29, 0.717) is 11.8 Å². The fourth-order valence-corrected chi connectivity index (χ4v) is 4.14. The zero-order valence-corrected chi connectivity index (χ0v) is 13.8. The summed E-state index contributed by atoms with van der Waals surface area (Å²) < 4.78 is 0. The molecule has 2 aromatic carbocycles. The Morgan fingerprint density at radius 1 is 0.583 bits per heavy atom. The third-order valence-electron chi connectivity index (χ3n) is 5.28. The molecule has 2 aliphatic rings. The zero-order chi connectivity index (χ0) is 16.2. The van der Waals surface area contributed by atoms with Crippen LogP contribution in [0.1, 0.15) is 17.5 Å². The van der Waals surface area contributed by atoms with Crippen molar-refractivity contribution in [3.8, 4) is 0 Å².